The number of halogens is 2. The highest BCUT2D eigenvalue weighted by Crippen LogP contribution is 2.30. The van der Waals surface area contributed by atoms with Gasteiger partial charge in [-0.15, -0.1) is 11.3 Å². The zero-order valence-corrected chi connectivity index (χ0v) is 12.5. The second-order valence-corrected chi connectivity index (χ2v) is 6.02. The van der Waals surface area contributed by atoms with E-state index in [1.54, 1.807) is 18.3 Å². The van der Waals surface area contributed by atoms with Crippen LogP contribution < -0.4 is 11.1 Å². The van der Waals surface area contributed by atoms with Crippen LogP contribution in [0, 0.1) is 12.7 Å². The minimum absolute atomic E-state index is 0.150. The van der Waals surface area contributed by atoms with Crippen LogP contribution in [0.15, 0.2) is 22.8 Å². The molecule has 0 spiro atoms. The van der Waals surface area contributed by atoms with Crippen molar-refractivity contribution in [1.82, 2.24) is 4.98 Å². The Hall–Kier alpha value is -1.05. The first-order valence-corrected chi connectivity index (χ1v) is 6.98. The largest absolute Gasteiger partial charge is 0.389 e. The third kappa shape index (κ3) is 2.68. The van der Waals surface area contributed by atoms with Crippen LogP contribution in [0.5, 0.6) is 0 Å². The van der Waals surface area contributed by atoms with Gasteiger partial charge in [0.15, 0.2) is 10.9 Å². The normalized spacial score (nSPS) is 10.4. The van der Waals surface area contributed by atoms with Crippen LogP contribution in [0.4, 0.5) is 15.2 Å². The van der Waals surface area contributed by atoms with Crippen molar-refractivity contribution in [2.45, 2.75) is 6.92 Å². The van der Waals surface area contributed by atoms with Crippen LogP contribution in [0.1, 0.15) is 10.4 Å². The van der Waals surface area contributed by atoms with E-state index in [-0.39, 0.29) is 9.46 Å². The molecule has 0 radical (unpaired) electrons. The minimum Gasteiger partial charge on any atom is -0.389 e. The maximum atomic E-state index is 14.1. The van der Waals surface area contributed by atoms with Crippen molar-refractivity contribution in [3.63, 3.8) is 0 Å². The predicted octanol–water partition coefficient (Wildman–Crippen LogP) is 3.73. The topological polar surface area (TPSA) is 50.9 Å². The molecule has 18 heavy (non-hydrogen) atoms. The molecule has 1 heterocycles. The fraction of sp³-hybridized carbons (Fsp3) is 0.0909. The molecule has 0 atom stereocenters. The molecule has 0 amide bonds. The molecule has 0 aliphatic rings. The fourth-order valence-corrected chi connectivity index (χ4v) is 2.90. The number of benzene rings is 1. The van der Waals surface area contributed by atoms with E-state index in [1.165, 1.54) is 11.3 Å². The summed E-state index contributed by atoms with van der Waals surface area (Å²) in [5.41, 5.74) is 6.30. The van der Waals surface area contributed by atoms with Crippen molar-refractivity contribution >= 4 is 55.3 Å². The van der Waals surface area contributed by atoms with Crippen molar-refractivity contribution < 1.29 is 4.39 Å². The maximum absolute atomic E-state index is 14.1. The SMILES string of the molecule is Cc1cnc(Nc2ccc(C(N)=S)c(Br)c2F)s1. The van der Waals surface area contributed by atoms with Crippen molar-refractivity contribution in [1.29, 1.82) is 0 Å². The highest BCUT2D eigenvalue weighted by molar-refractivity contribution is 9.10. The highest BCUT2D eigenvalue weighted by atomic mass is 79.9. The molecule has 0 fully saturated rings. The van der Waals surface area contributed by atoms with E-state index in [1.807, 2.05) is 6.92 Å². The van der Waals surface area contributed by atoms with E-state index in [4.69, 9.17) is 18.0 Å². The van der Waals surface area contributed by atoms with Gasteiger partial charge in [0.05, 0.1) is 10.2 Å². The minimum atomic E-state index is -0.437. The summed E-state index contributed by atoms with van der Waals surface area (Å²) in [5.74, 6) is -0.437. The lowest BCUT2D eigenvalue weighted by atomic mass is 10.2. The Balaban J connectivity index is 2.35. The summed E-state index contributed by atoms with van der Waals surface area (Å²) in [6.45, 7) is 1.94. The number of aryl methyl sites for hydroxylation is 1. The molecule has 0 unspecified atom stereocenters. The first-order chi connectivity index (χ1) is 8.49. The molecule has 94 valence electrons. The summed E-state index contributed by atoms with van der Waals surface area (Å²) < 4.78 is 14.3. The second-order valence-electron chi connectivity index (χ2n) is 3.55. The van der Waals surface area contributed by atoms with Gasteiger partial charge in [0.2, 0.25) is 0 Å². The number of aromatic nitrogens is 1. The van der Waals surface area contributed by atoms with E-state index in [9.17, 15) is 4.39 Å². The zero-order valence-electron chi connectivity index (χ0n) is 9.33. The summed E-state index contributed by atoms with van der Waals surface area (Å²) in [5, 5.41) is 3.56. The van der Waals surface area contributed by atoms with Gasteiger partial charge in [-0.05, 0) is 35.0 Å². The first kappa shape index (κ1) is 13.4. The monoisotopic (exact) mass is 345 g/mol. The highest BCUT2D eigenvalue weighted by Gasteiger charge is 2.13. The van der Waals surface area contributed by atoms with Crippen LogP contribution in [0.25, 0.3) is 0 Å². The molecule has 0 bridgehead atoms. The van der Waals surface area contributed by atoms with E-state index in [2.05, 4.69) is 26.2 Å². The summed E-state index contributed by atoms with van der Waals surface area (Å²) in [4.78, 5) is 5.32. The molecule has 0 saturated heterocycles. The maximum Gasteiger partial charge on any atom is 0.187 e. The summed E-state index contributed by atoms with van der Waals surface area (Å²) >= 11 is 9.44. The van der Waals surface area contributed by atoms with Gasteiger partial charge in [0.1, 0.15) is 4.99 Å². The third-order valence-corrected chi connectivity index (χ3v) is 4.03. The Labute approximate surface area is 121 Å². The van der Waals surface area contributed by atoms with Crippen molar-refractivity contribution in [2.24, 2.45) is 5.73 Å². The Morgan fingerprint density at radius 3 is 2.83 bits per heavy atom. The molecule has 7 heteroatoms. The molecular weight excluding hydrogens is 337 g/mol. The summed E-state index contributed by atoms with van der Waals surface area (Å²) in [6, 6.07) is 3.25. The lowest BCUT2D eigenvalue weighted by molar-refractivity contribution is 0.625. The number of nitrogens with zero attached hydrogens (tertiary/aromatic N) is 1. The molecule has 2 rings (SSSR count). The predicted molar refractivity (Wildman–Crippen MR) is 80.1 cm³/mol. The van der Waals surface area contributed by atoms with Gasteiger partial charge in [-0.1, -0.05) is 12.2 Å². The number of thiazole rings is 1. The molecular formula is C11H9BrFN3S2. The van der Waals surface area contributed by atoms with E-state index in [0.717, 1.165) is 4.88 Å². The van der Waals surface area contributed by atoms with Gasteiger partial charge in [0.25, 0.3) is 0 Å². The van der Waals surface area contributed by atoms with Crippen molar-refractivity contribution in [2.75, 3.05) is 5.32 Å². The Kier molecular flexibility index (Phi) is 3.94. The van der Waals surface area contributed by atoms with Crippen LogP contribution in [-0.2, 0) is 0 Å². The number of thiocarbonyl (C=S) groups is 1. The zero-order chi connectivity index (χ0) is 13.3. The van der Waals surface area contributed by atoms with Gasteiger partial charge in [-0.2, -0.15) is 0 Å². The van der Waals surface area contributed by atoms with Gasteiger partial charge in [-0.3, -0.25) is 0 Å². The number of anilines is 2. The standard InChI is InChI=1S/C11H9BrFN3S2/c1-5-4-15-11(18-5)16-7-3-2-6(10(14)17)8(12)9(7)13/h2-4H,1H3,(H2,14,17)(H,15,16). The third-order valence-electron chi connectivity index (χ3n) is 2.21. The molecule has 0 aliphatic carbocycles. The van der Waals surface area contributed by atoms with Gasteiger partial charge in [0, 0.05) is 16.6 Å². The Morgan fingerprint density at radius 1 is 1.56 bits per heavy atom. The molecule has 0 saturated carbocycles. The van der Waals surface area contributed by atoms with Crippen molar-refractivity contribution in [3.05, 3.63) is 39.1 Å². The fourth-order valence-electron chi connectivity index (χ4n) is 1.36. The molecule has 3 nitrogen and oxygen atoms in total. The van der Waals surface area contributed by atoms with Gasteiger partial charge < -0.3 is 11.1 Å². The smallest absolute Gasteiger partial charge is 0.187 e. The van der Waals surface area contributed by atoms with Gasteiger partial charge in [-0.25, -0.2) is 9.37 Å². The number of hydrogen-bond donors (Lipinski definition) is 2. The first-order valence-electron chi connectivity index (χ1n) is 4.96. The lowest BCUT2D eigenvalue weighted by Crippen LogP contribution is -2.11. The second kappa shape index (κ2) is 5.29. The van der Waals surface area contributed by atoms with Crippen LogP contribution in [-0.4, -0.2) is 9.97 Å². The van der Waals surface area contributed by atoms with Crippen LogP contribution in [0.2, 0.25) is 0 Å². The molecule has 1 aromatic heterocycles. The Bertz CT molecular complexity index is 612. The van der Waals surface area contributed by atoms with E-state index in [0.29, 0.717) is 16.4 Å². The summed E-state index contributed by atoms with van der Waals surface area (Å²) in [7, 11) is 0. The Morgan fingerprint density at radius 2 is 2.28 bits per heavy atom. The van der Waals surface area contributed by atoms with Crippen LogP contribution in [0.3, 0.4) is 0 Å². The van der Waals surface area contributed by atoms with Gasteiger partial charge >= 0.3 is 0 Å². The summed E-state index contributed by atoms with van der Waals surface area (Å²) in [6.07, 6.45) is 1.73. The quantitative estimate of drug-likeness (QED) is 0.832. The number of nitrogens with one attached hydrogen (secondary N) is 1. The van der Waals surface area contributed by atoms with E-state index < -0.39 is 5.82 Å². The molecule has 3 N–H and O–H groups in total. The van der Waals surface area contributed by atoms with Crippen molar-refractivity contribution in [3.8, 4) is 0 Å². The lowest BCUT2D eigenvalue weighted by Gasteiger charge is -2.09. The van der Waals surface area contributed by atoms with E-state index >= 15 is 0 Å². The number of rotatable bonds is 3. The molecule has 2 aromatic rings. The molecule has 1 aromatic carbocycles. The molecule has 0 aliphatic heterocycles. The van der Waals surface area contributed by atoms with Crippen LogP contribution >= 0.6 is 39.5 Å². The number of nitrogens with two attached hydrogens (primary N) is 1. The average molecular weight is 346 g/mol. The average Bonchev–Trinajstić information content (AvgIpc) is 2.70. The number of hydrogen-bond acceptors (Lipinski definition) is 4.